The summed E-state index contributed by atoms with van der Waals surface area (Å²) in [5, 5.41) is 5.55. The first-order chi connectivity index (χ1) is 9.54. The molecule has 1 aromatic rings. The van der Waals surface area contributed by atoms with Crippen LogP contribution in [0.2, 0.25) is 0 Å². The van der Waals surface area contributed by atoms with Gasteiger partial charge in [0.25, 0.3) is 0 Å². The summed E-state index contributed by atoms with van der Waals surface area (Å²) in [4.78, 5) is 23.1. The van der Waals surface area contributed by atoms with Gasteiger partial charge in [-0.25, -0.2) is 0 Å². The van der Waals surface area contributed by atoms with Gasteiger partial charge < -0.3 is 15.4 Å². The minimum absolute atomic E-state index is 0.102. The Bertz CT molecular complexity index is 434. The van der Waals surface area contributed by atoms with E-state index in [0.717, 1.165) is 5.56 Å². The third kappa shape index (κ3) is 5.40. The van der Waals surface area contributed by atoms with Crippen molar-refractivity contribution in [2.75, 3.05) is 13.6 Å². The Morgan fingerprint density at radius 1 is 1.20 bits per heavy atom. The number of esters is 1. The number of carbonyl (C=O) groups is 2. The van der Waals surface area contributed by atoms with E-state index in [1.807, 2.05) is 30.3 Å². The molecule has 110 valence electrons. The Hall–Kier alpha value is -1.88. The Kier molecular flexibility index (Phi) is 6.73. The molecular weight excluding hydrogens is 256 g/mol. The number of nitrogens with one attached hydrogen (secondary N) is 2. The average Bonchev–Trinajstić information content (AvgIpc) is 2.49. The second kappa shape index (κ2) is 8.32. The highest BCUT2D eigenvalue weighted by molar-refractivity contribution is 5.81. The number of ether oxygens (including phenoxy) is 1. The van der Waals surface area contributed by atoms with Crippen LogP contribution in [0.4, 0.5) is 0 Å². The lowest BCUT2D eigenvalue weighted by Gasteiger charge is -2.16. The van der Waals surface area contributed by atoms with Gasteiger partial charge >= 0.3 is 5.97 Å². The van der Waals surface area contributed by atoms with Crippen molar-refractivity contribution in [2.24, 2.45) is 5.92 Å². The van der Waals surface area contributed by atoms with E-state index in [9.17, 15) is 9.59 Å². The first kappa shape index (κ1) is 16.2. The molecule has 0 aromatic heterocycles. The van der Waals surface area contributed by atoms with E-state index in [1.54, 1.807) is 20.9 Å². The van der Waals surface area contributed by atoms with Gasteiger partial charge in [0.15, 0.2) is 0 Å². The summed E-state index contributed by atoms with van der Waals surface area (Å²) in [5.41, 5.74) is 0.958. The number of rotatable bonds is 7. The quantitative estimate of drug-likeness (QED) is 0.733. The minimum Gasteiger partial charge on any atom is -0.461 e. The van der Waals surface area contributed by atoms with Gasteiger partial charge in [0.1, 0.15) is 6.61 Å². The highest BCUT2D eigenvalue weighted by Gasteiger charge is 2.17. The second-order valence-electron chi connectivity index (χ2n) is 4.74. The molecule has 1 amide bonds. The molecular formula is C15H22N2O3. The zero-order valence-electron chi connectivity index (χ0n) is 12.2. The van der Waals surface area contributed by atoms with Crippen LogP contribution in [0, 0.1) is 5.92 Å². The third-order valence-electron chi connectivity index (χ3n) is 3.00. The molecule has 0 heterocycles. The molecule has 2 N–H and O–H groups in total. The predicted molar refractivity (Wildman–Crippen MR) is 76.9 cm³/mol. The van der Waals surface area contributed by atoms with Crippen molar-refractivity contribution in [2.45, 2.75) is 26.5 Å². The maximum Gasteiger partial charge on any atom is 0.310 e. The topological polar surface area (TPSA) is 67.4 Å². The van der Waals surface area contributed by atoms with E-state index in [-0.39, 0.29) is 30.4 Å². The summed E-state index contributed by atoms with van der Waals surface area (Å²) in [6.45, 7) is 4.20. The molecule has 0 saturated carbocycles. The van der Waals surface area contributed by atoms with Gasteiger partial charge in [-0.3, -0.25) is 9.59 Å². The highest BCUT2D eigenvalue weighted by atomic mass is 16.5. The zero-order valence-corrected chi connectivity index (χ0v) is 12.2. The summed E-state index contributed by atoms with van der Waals surface area (Å²) in [7, 11) is 1.58. The van der Waals surface area contributed by atoms with Crippen molar-refractivity contribution in [1.82, 2.24) is 10.6 Å². The average molecular weight is 278 g/mol. The van der Waals surface area contributed by atoms with Crippen LogP contribution in [0.3, 0.4) is 0 Å². The van der Waals surface area contributed by atoms with Crippen molar-refractivity contribution in [1.29, 1.82) is 0 Å². The molecule has 20 heavy (non-hydrogen) atoms. The lowest BCUT2D eigenvalue weighted by Crippen LogP contribution is -2.43. The van der Waals surface area contributed by atoms with E-state index >= 15 is 0 Å². The van der Waals surface area contributed by atoms with Crippen LogP contribution in [0.15, 0.2) is 30.3 Å². The summed E-state index contributed by atoms with van der Waals surface area (Å²) in [6.07, 6.45) is 0. The Morgan fingerprint density at radius 2 is 1.85 bits per heavy atom. The fourth-order valence-electron chi connectivity index (χ4n) is 1.62. The van der Waals surface area contributed by atoms with Crippen LogP contribution in [0.5, 0.6) is 0 Å². The van der Waals surface area contributed by atoms with Crippen molar-refractivity contribution in [3.63, 3.8) is 0 Å². The van der Waals surface area contributed by atoms with Crippen LogP contribution in [-0.2, 0) is 20.9 Å². The van der Waals surface area contributed by atoms with Gasteiger partial charge in [-0.05, 0) is 12.5 Å². The molecule has 1 rings (SSSR count). The predicted octanol–water partition coefficient (Wildman–Crippen LogP) is 1.09. The Balaban J connectivity index is 2.31. The monoisotopic (exact) mass is 278 g/mol. The Labute approximate surface area is 119 Å². The first-order valence-corrected chi connectivity index (χ1v) is 6.70. The van der Waals surface area contributed by atoms with Crippen molar-refractivity contribution < 1.29 is 14.3 Å². The molecule has 2 atom stereocenters. The van der Waals surface area contributed by atoms with E-state index in [2.05, 4.69) is 10.6 Å². The lowest BCUT2D eigenvalue weighted by atomic mass is 10.1. The molecule has 0 spiro atoms. The maximum atomic E-state index is 11.8. The van der Waals surface area contributed by atoms with Crippen LogP contribution < -0.4 is 10.6 Å². The molecule has 1 aromatic carbocycles. The summed E-state index contributed by atoms with van der Waals surface area (Å²) in [5.74, 6) is -0.675. The standard InChI is InChI=1S/C15H22N2O3/c1-11(9-17-12(2)14(18)16-3)15(19)20-10-13-7-5-4-6-8-13/h4-8,11-12,17H,9-10H2,1-3H3,(H,16,18). The van der Waals surface area contributed by atoms with Gasteiger partial charge in [-0.2, -0.15) is 0 Å². The molecule has 5 nitrogen and oxygen atoms in total. The molecule has 0 aliphatic carbocycles. The van der Waals surface area contributed by atoms with Crippen molar-refractivity contribution in [3.05, 3.63) is 35.9 Å². The number of amides is 1. The number of carbonyl (C=O) groups excluding carboxylic acids is 2. The van der Waals surface area contributed by atoms with E-state index in [0.29, 0.717) is 6.54 Å². The minimum atomic E-state index is -0.329. The summed E-state index contributed by atoms with van der Waals surface area (Å²) < 4.78 is 5.23. The summed E-state index contributed by atoms with van der Waals surface area (Å²) in [6, 6.07) is 9.20. The van der Waals surface area contributed by atoms with Crippen LogP contribution in [-0.4, -0.2) is 31.5 Å². The molecule has 0 radical (unpaired) electrons. The molecule has 0 aliphatic heterocycles. The number of hydrogen-bond acceptors (Lipinski definition) is 4. The highest BCUT2D eigenvalue weighted by Crippen LogP contribution is 2.04. The summed E-state index contributed by atoms with van der Waals surface area (Å²) >= 11 is 0. The Morgan fingerprint density at radius 3 is 2.45 bits per heavy atom. The smallest absolute Gasteiger partial charge is 0.310 e. The molecule has 0 fully saturated rings. The molecule has 2 unspecified atom stereocenters. The van der Waals surface area contributed by atoms with Gasteiger partial charge in [0, 0.05) is 13.6 Å². The van der Waals surface area contributed by atoms with Gasteiger partial charge in [0.2, 0.25) is 5.91 Å². The van der Waals surface area contributed by atoms with Crippen molar-refractivity contribution >= 4 is 11.9 Å². The first-order valence-electron chi connectivity index (χ1n) is 6.70. The van der Waals surface area contributed by atoms with Crippen LogP contribution >= 0.6 is 0 Å². The van der Waals surface area contributed by atoms with Gasteiger partial charge in [-0.1, -0.05) is 37.3 Å². The van der Waals surface area contributed by atoms with E-state index in [1.165, 1.54) is 0 Å². The lowest BCUT2D eigenvalue weighted by molar-refractivity contribution is -0.149. The largest absolute Gasteiger partial charge is 0.461 e. The third-order valence-corrected chi connectivity index (χ3v) is 3.00. The van der Waals surface area contributed by atoms with Crippen LogP contribution in [0.1, 0.15) is 19.4 Å². The molecule has 0 saturated heterocycles. The number of likely N-dealkylation sites (N-methyl/N-ethyl adjacent to an activating group) is 1. The van der Waals surface area contributed by atoms with Gasteiger partial charge in [0.05, 0.1) is 12.0 Å². The van der Waals surface area contributed by atoms with Crippen LogP contribution in [0.25, 0.3) is 0 Å². The molecule has 0 aliphatic rings. The van der Waals surface area contributed by atoms with E-state index < -0.39 is 0 Å². The van der Waals surface area contributed by atoms with E-state index in [4.69, 9.17) is 4.74 Å². The number of hydrogen-bond donors (Lipinski definition) is 2. The normalized spacial score (nSPS) is 13.3. The van der Waals surface area contributed by atoms with Gasteiger partial charge in [-0.15, -0.1) is 0 Å². The molecule has 0 bridgehead atoms. The second-order valence-corrected chi connectivity index (χ2v) is 4.74. The molecule has 5 heteroatoms. The van der Waals surface area contributed by atoms with Crippen molar-refractivity contribution in [3.8, 4) is 0 Å². The zero-order chi connectivity index (χ0) is 15.0. The number of benzene rings is 1. The fourth-order valence-corrected chi connectivity index (χ4v) is 1.62. The SMILES string of the molecule is CNC(=O)C(C)NCC(C)C(=O)OCc1ccccc1. The maximum absolute atomic E-state index is 11.8. The fraction of sp³-hybridized carbons (Fsp3) is 0.467.